The van der Waals surface area contributed by atoms with Gasteiger partial charge in [-0.05, 0) is 24.5 Å². The number of carbonyl (C=O) groups is 2. The molecule has 20 heavy (non-hydrogen) atoms. The number of nitrogen functional groups attached to an aromatic ring is 1. The second-order valence-corrected chi connectivity index (χ2v) is 5.40. The lowest BCUT2D eigenvalue weighted by Crippen LogP contribution is -2.39. The van der Waals surface area contributed by atoms with E-state index in [1.165, 1.54) is 4.90 Å². The van der Waals surface area contributed by atoms with Gasteiger partial charge in [-0.15, -0.1) is 0 Å². The van der Waals surface area contributed by atoms with Crippen LogP contribution in [0.15, 0.2) is 18.2 Å². The van der Waals surface area contributed by atoms with Gasteiger partial charge >= 0.3 is 0 Å². The summed E-state index contributed by atoms with van der Waals surface area (Å²) in [6.45, 7) is 6.51. The van der Waals surface area contributed by atoms with Gasteiger partial charge in [0.05, 0.1) is 12.1 Å². The fraction of sp³-hybridized carbons (Fsp3) is 0.467. The Hall–Kier alpha value is -2.04. The Bertz CT molecular complexity index is 498. The first-order valence-corrected chi connectivity index (χ1v) is 6.70. The Balaban J connectivity index is 2.67. The van der Waals surface area contributed by atoms with Crippen molar-refractivity contribution < 1.29 is 9.59 Å². The average Bonchev–Trinajstić information content (AvgIpc) is 2.38. The van der Waals surface area contributed by atoms with E-state index in [1.54, 1.807) is 19.2 Å². The molecule has 1 aromatic rings. The van der Waals surface area contributed by atoms with Crippen molar-refractivity contribution in [3.05, 3.63) is 29.3 Å². The standard InChI is InChI=1S/C15H23N3O2/c1-10(2)8-17-13(19)9-18(4)15(20)12-7-5-6-11(3)14(12)16/h5-7,10H,8-9,16H2,1-4H3,(H,17,19). The molecule has 0 aromatic heterocycles. The first kappa shape index (κ1) is 16.0. The largest absolute Gasteiger partial charge is 0.398 e. The Labute approximate surface area is 120 Å². The van der Waals surface area contributed by atoms with Crippen LogP contribution in [0.2, 0.25) is 0 Å². The van der Waals surface area contributed by atoms with Crippen LogP contribution < -0.4 is 11.1 Å². The van der Waals surface area contributed by atoms with E-state index in [2.05, 4.69) is 5.32 Å². The molecule has 2 amide bonds. The van der Waals surface area contributed by atoms with Crippen molar-refractivity contribution >= 4 is 17.5 Å². The third-order valence-electron chi connectivity index (χ3n) is 2.99. The molecule has 110 valence electrons. The number of likely N-dealkylation sites (N-methyl/N-ethyl adjacent to an activating group) is 1. The first-order valence-electron chi connectivity index (χ1n) is 6.70. The van der Waals surface area contributed by atoms with E-state index in [1.807, 2.05) is 26.8 Å². The summed E-state index contributed by atoms with van der Waals surface area (Å²) in [5, 5.41) is 2.78. The monoisotopic (exact) mass is 277 g/mol. The van der Waals surface area contributed by atoms with Crippen molar-refractivity contribution in [1.82, 2.24) is 10.2 Å². The van der Waals surface area contributed by atoms with Crippen LogP contribution in [-0.4, -0.2) is 36.9 Å². The zero-order valence-corrected chi connectivity index (χ0v) is 12.6. The molecule has 0 heterocycles. The van der Waals surface area contributed by atoms with Crippen molar-refractivity contribution in [1.29, 1.82) is 0 Å². The molecule has 0 fully saturated rings. The number of nitrogens with zero attached hydrogens (tertiary/aromatic N) is 1. The molecule has 5 nitrogen and oxygen atoms in total. The fourth-order valence-electron chi connectivity index (χ4n) is 1.73. The minimum absolute atomic E-state index is 0.0267. The number of anilines is 1. The van der Waals surface area contributed by atoms with Crippen molar-refractivity contribution in [2.45, 2.75) is 20.8 Å². The van der Waals surface area contributed by atoms with E-state index in [0.717, 1.165) is 5.56 Å². The Kier molecular flexibility index (Phi) is 5.55. The highest BCUT2D eigenvalue weighted by molar-refractivity contribution is 6.01. The Morgan fingerprint density at radius 2 is 2.00 bits per heavy atom. The zero-order valence-electron chi connectivity index (χ0n) is 12.6. The van der Waals surface area contributed by atoms with Crippen molar-refractivity contribution in [3.63, 3.8) is 0 Å². The van der Waals surface area contributed by atoms with Crippen LogP contribution in [0.3, 0.4) is 0 Å². The highest BCUT2D eigenvalue weighted by atomic mass is 16.2. The third kappa shape index (κ3) is 4.26. The molecule has 5 heteroatoms. The van der Waals surface area contributed by atoms with Gasteiger partial charge in [0.25, 0.3) is 5.91 Å². The van der Waals surface area contributed by atoms with Gasteiger partial charge < -0.3 is 16.0 Å². The lowest BCUT2D eigenvalue weighted by molar-refractivity contribution is -0.121. The molecule has 0 aliphatic rings. The number of rotatable bonds is 5. The summed E-state index contributed by atoms with van der Waals surface area (Å²) in [5.41, 5.74) is 7.66. The molecule has 0 aliphatic heterocycles. The van der Waals surface area contributed by atoms with Gasteiger partial charge in [-0.3, -0.25) is 9.59 Å². The summed E-state index contributed by atoms with van der Waals surface area (Å²) in [5.74, 6) is -0.0287. The van der Waals surface area contributed by atoms with E-state index in [9.17, 15) is 9.59 Å². The molecular weight excluding hydrogens is 254 g/mol. The Morgan fingerprint density at radius 1 is 1.35 bits per heavy atom. The second-order valence-electron chi connectivity index (χ2n) is 5.40. The molecule has 0 spiro atoms. The van der Waals surface area contributed by atoms with Crippen LogP contribution in [0.4, 0.5) is 5.69 Å². The lowest BCUT2D eigenvalue weighted by Gasteiger charge is -2.18. The molecule has 3 N–H and O–H groups in total. The van der Waals surface area contributed by atoms with Crippen LogP contribution in [0.1, 0.15) is 29.8 Å². The number of hydrogen-bond donors (Lipinski definition) is 2. The van der Waals surface area contributed by atoms with E-state index in [0.29, 0.717) is 23.7 Å². The Morgan fingerprint density at radius 3 is 2.60 bits per heavy atom. The molecule has 1 rings (SSSR count). The van der Waals surface area contributed by atoms with Crippen molar-refractivity contribution in [2.75, 3.05) is 25.9 Å². The number of amides is 2. The van der Waals surface area contributed by atoms with E-state index < -0.39 is 0 Å². The number of nitrogens with two attached hydrogens (primary N) is 1. The van der Waals surface area contributed by atoms with E-state index in [-0.39, 0.29) is 18.4 Å². The average molecular weight is 277 g/mol. The summed E-state index contributed by atoms with van der Waals surface area (Å²) in [6.07, 6.45) is 0. The van der Waals surface area contributed by atoms with Gasteiger partial charge in [-0.1, -0.05) is 26.0 Å². The van der Waals surface area contributed by atoms with Crippen LogP contribution >= 0.6 is 0 Å². The summed E-state index contributed by atoms with van der Waals surface area (Å²) in [7, 11) is 1.60. The highest BCUT2D eigenvalue weighted by Crippen LogP contribution is 2.17. The lowest BCUT2D eigenvalue weighted by atomic mass is 10.1. The number of carbonyl (C=O) groups excluding carboxylic acids is 2. The van der Waals surface area contributed by atoms with E-state index in [4.69, 9.17) is 5.73 Å². The smallest absolute Gasteiger partial charge is 0.256 e. The van der Waals surface area contributed by atoms with Gasteiger partial charge in [-0.25, -0.2) is 0 Å². The molecule has 0 saturated carbocycles. The molecule has 1 aromatic carbocycles. The predicted molar refractivity (Wildman–Crippen MR) is 80.4 cm³/mol. The summed E-state index contributed by atoms with van der Waals surface area (Å²) >= 11 is 0. The van der Waals surface area contributed by atoms with Crippen LogP contribution in [0.25, 0.3) is 0 Å². The molecular formula is C15H23N3O2. The molecule has 0 aliphatic carbocycles. The number of nitrogens with one attached hydrogen (secondary N) is 1. The maximum atomic E-state index is 12.3. The summed E-state index contributed by atoms with van der Waals surface area (Å²) in [4.78, 5) is 25.3. The topological polar surface area (TPSA) is 75.4 Å². The first-order chi connectivity index (χ1) is 9.32. The van der Waals surface area contributed by atoms with Gasteiger partial charge in [0.15, 0.2) is 0 Å². The van der Waals surface area contributed by atoms with Gasteiger partial charge in [0.2, 0.25) is 5.91 Å². The van der Waals surface area contributed by atoms with Crippen LogP contribution in [0.5, 0.6) is 0 Å². The predicted octanol–water partition coefficient (Wildman–Crippen LogP) is 1.42. The van der Waals surface area contributed by atoms with Gasteiger partial charge in [0.1, 0.15) is 0 Å². The summed E-state index contributed by atoms with van der Waals surface area (Å²) in [6, 6.07) is 5.31. The normalized spacial score (nSPS) is 10.4. The number of hydrogen-bond acceptors (Lipinski definition) is 3. The van der Waals surface area contributed by atoms with E-state index >= 15 is 0 Å². The molecule has 0 saturated heterocycles. The third-order valence-corrected chi connectivity index (χ3v) is 2.99. The zero-order chi connectivity index (χ0) is 15.3. The highest BCUT2D eigenvalue weighted by Gasteiger charge is 2.17. The minimum atomic E-state index is -0.245. The van der Waals surface area contributed by atoms with Gasteiger partial charge in [-0.2, -0.15) is 0 Å². The maximum absolute atomic E-state index is 12.3. The number of benzene rings is 1. The minimum Gasteiger partial charge on any atom is -0.398 e. The fourth-order valence-corrected chi connectivity index (χ4v) is 1.73. The van der Waals surface area contributed by atoms with Crippen molar-refractivity contribution in [2.24, 2.45) is 5.92 Å². The van der Waals surface area contributed by atoms with Gasteiger partial charge in [0, 0.05) is 19.3 Å². The number of aryl methyl sites for hydroxylation is 1. The quantitative estimate of drug-likeness (QED) is 0.799. The molecule has 0 radical (unpaired) electrons. The van der Waals surface area contributed by atoms with Crippen LogP contribution in [-0.2, 0) is 4.79 Å². The molecule has 0 bridgehead atoms. The molecule has 0 unspecified atom stereocenters. The second kappa shape index (κ2) is 6.93. The van der Waals surface area contributed by atoms with Crippen molar-refractivity contribution in [3.8, 4) is 0 Å². The number of para-hydroxylation sites is 1. The summed E-state index contributed by atoms with van der Waals surface area (Å²) < 4.78 is 0. The molecule has 0 atom stereocenters. The van der Waals surface area contributed by atoms with Crippen LogP contribution in [0, 0.1) is 12.8 Å². The SMILES string of the molecule is Cc1cccc(C(=O)N(C)CC(=O)NCC(C)C)c1N. The maximum Gasteiger partial charge on any atom is 0.256 e.